The first-order chi connectivity index (χ1) is 11.7. The Morgan fingerprint density at radius 1 is 1.29 bits per heavy atom. The molecule has 5 nitrogen and oxygen atoms in total. The molecule has 1 aliphatic carbocycles. The molecule has 0 spiro atoms. The highest BCUT2D eigenvalue weighted by molar-refractivity contribution is 5.77. The minimum atomic E-state index is -0.586. The second kappa shape index (κ2) is 6.40. The molecule has 126 valence electrons. The third-order valence-corrected chi connectivity index (χ3v) is 5.24. The van der Waals surface area contributed by atoms with Crippen LogP contribution >= 0.6 is 0 Å². The lowest BCUT2D eigenvalue weighted by Gasteiger charge is -2.32. The number of aromatic nitrogens is 2. The van der Waals surface area contributed by atoms with Gasteiger partial charge in [-0.3, -0.25) is 9.89 Å². The minimum absolute atomic E-state index is 0.0936. The van der Waals surface area contributed by atoms with Gasteiger partial charge in [0.05, 0.1) is 18.3 Å². The van der Waals surface area contributed by atoms with Gasteiger partial charge < -0.3 is 10.0 Å². The Morgan fingerprint density at radius 3 is 3.04 bits per heavy atom. The number of amides is 1. The van der Waals surface area contributed by atoms with Gasteiger partial charge in [0.25, 0.3) is 0 Å². The number of nitrogens with zero attached hydrogens (tertiary/aromatic N) is 2. The molecule has 0 saturated heterocycles. The Balaban J connectivity index is 1.41. The average molecular weight is 325 g/mol. The molecule has 0 bridgehead atoms. The number of aliphatic hydroxyl groups excluding tert-OH is 1. The highest BCUT2D eigenvalue weighted by Gasteiger charge is 2.26. The minimum Gasteiger partial charge on any atom is -0.387 e. The Labute approximate surface area is 141 Å². The number of nitrogens with one attached hydrogen (secondary N) is 1. The Kier molecular flexibility index (Phi) is 4.10. The molecule has 1 atom stereocenters. The molecule has 24 heavy (non-hydrogen) atoms. The molecule has 0 unspecified atom stereocenters. The average Bonchev–Trinajstić information content (AvgIpc) is 3.03. The van der Waals surface area contributed by atoms with Crippen LogP contribution in [0.4, 0.5) is 0 Å². The molecule has 0 fully saturated rings. The van der Waals surface area contributed by atoms with E-state index < -0.39 is 6.10 Å². The highest BCUT2D eigenvalue weighted by atomic mass is 16.3. The third-order valence-electron chi connectivity index (χ3n) is 5.24. The number of carbonyl (C=O) groups excluding carboxylic acids is 1. The van der Waals surface area contributed by atoms with Crippen molar-refractivity contribution in [2.75, 3.05) is 6.54 Å². The van der Waals surface area contributed by atoms with Gasteiger partial charge >= 0.3 is 0 Å². The smallest absolute Gasteiger partial charge is 0.223 e. The van der Waals surface area contributed by atoms with Gasteiger partial charge in [-0.2, -0.15) is 5.10 Å². The van der Waals surface area contributed by atoms with Crippen LogP contribution in [0.2, 0.25) is 0 Å². The lowest BCUT2D eigenvalue weighted by molar-refractivity contribution is -0.134. The number of fused-ring (bicyclic) bond motifs is 2. The second-order valence-electron chi connectivity index (χ2n) is 6.82. The highest BCUT2D eigenvalue weighted by Crippen LogP contribution is 2.27. The van der Waals surface area contributed by atoms with E-state index >= 15 is 0 Å². The number of aryl methyl sites for hydroxylation is 2. The molecule has 1 aromatic carbocycles. The fourth-order valence-corrected chi connectivity index (χ4v) is 3.91. The summed E-state index contributed by atoms with van der Waals surface area (Å²) in [5, 5.41) is 17.8. The summed E-state index contributed by atoms with van der Waals surface area (Å²) in [4.78, 5) is 14.4. The van der Waals surface area contributed by atoms with Gasteiger partial charge in [0.15, 0.2) is 0 Å². The maximum absolute atomic E-state index is 12.6. The van der Waals surface area contributed by atoms with Crippen LogP contribution < -0.4 is 0 Å². The van der Waals surface area contributed by atoms with E-state index in [0.29, 0.717) is 25.9 Å². The van der Waals surface area contributed by atoms with E-state index in [1.165, 1.54) is 24.1 Å². The number of benzene rings is 1. The lowest BCUT2D eigenvalue weighted by Crippen LogP contribution is -2.38. The van der Waals surface area contributed by atoms with E-state index in [-0.39, 0.29) is 5.91 Å². The van der Waals surface area contributed by atoms with Gasteiger partial charge in [-0.25, -0.2) is 0 Å². The first-order valence-electron chi connectivity index (χ1n) is 8.81. The van der Waals surface area contributed by atoms with Crippen molar-refractivity contribution in [1.29, 1.82) is 0 Å². The first kappa shape index (κ1) is 15.4. The van der Waals surface area contributed by atoms with E-state index in [9.17, 15) is 9.90 Å². The molecule has 1 aromatic heterocycles. The molecular weight excluding hydrogens is 302 g/mol. The number of H-pyrrole nitrogens is 1. The normalized spacial score (nSPS) is 19.7. The van der Waals surface area contributed by atoms with Gasteiger partial charge in [0, 0.05) is 25.1 Å². The number of aromatic amines is 1. The fraction of sp³-hybridized carbons (Fsp3) is 0.474. The number of hydrogen-bond donors (Lipinski definition) is 2. The van der Waals surface area contributed by atoms with Crippen LogP contribution in [-0.4, -0.2) is 32.7 Å². The summed E-state index contributed by atoms with van der Waals surface area (Å²) in [6, 6.07) is 7.82. The molecule has 5 heteroatoms. The van der Waals surface area contributed by atoms with Crippen LogP contribution in [-0.2, 0) is 30.6 Å². The van der Waals surface area contributed by atoms with Crippen LogP contribution in [0.5, 0.6) is 0 Å². The summed E-state index contributed by atoms with van der Waals surface area (Å²) < 4.78 is 0. The summed E-state index contributed by atoms with van der Waals surface area (Å²) >= 11 is 0. The van der Waals surface area contributed by atoms with Gasteiger partial charge in [0.2, 0.25) is 5.91 Å². The van der Waals surface area contributed by atoms with Crippen LogP contribution in [0.15, 0.2) is 24.3 Å². The lowest BCUT2D eigenvalue weighted by atomic mass is 9.94. The predicted molar refractivity (Wildman–Crippen MR) is 90.4 cm³/mol. The van der Waals surface area contributed by atoms with Crippen molar-refractivity contribution in [2.24, 2.45) is 0 Å². The Hall–Kier alpha value is -2.14. The zero-order valence-electron chi connectivity index (χ0n) is 13.8. The topological polar surface area (TPSA) is 69.2 Å². The molecule has 2 aromatic rings. The Bertz CT molecular complexity index is 753. The molecule has 0 saturated carbocycles. The molecule has 1 amide bonds. The van der Waals surface area contributed by atoms with Crippen molar-refractivity contribution < 1.29 is 9.90 Å². The molecule has 4 rings (SSSR count). The molecule has 2 aliphatic rings. The summed E-state index contributed by atoms with van der Waals surface area (Å²) in [7, 11) is 0. The first-order valence-corrected chi connectivity index (χ1v) is 8.81. The summed E-state index contributed by atoms with van der Waals surface area (Å²) in [5.74, 6) is 0.0936. The monoisotopic (exact) mass is 325 g/mol. The zero-order chi connectivity index (χ0) is 16.5. The maximum atomic E-state index is 12.6. The van der Waals surface area contributed by atoms with Gasteiger partial charge in [0.1, 0.15) is 0 Å². The molecule has 1 aliphatic heterocycles. The van der Waals surface area contributed by atoms with E-state index in [2.05, 4.69) is 10.2 Å². The van der Waals surface area contributed by atoms with Gasteiger partial charge in [-0.05, 0) is 42.4 Å². The van der Waals surface area contributed by atoms with Crippen molar-refractivity contribution in [3.63, 3.8) is 0 Å². The summed E-state index contributed by atoms with van der Waals surface area (Å²) in [6.07, 6.45) is 5.13. The van der Waals surface area contributed by atoms with Gasteiger partial charge in [-0.1, -0.05) is 24.3 Å². The van der Waals surface area contributed by atoms with Crippen LogP contribution in [0.25, 0.3) is 0 Å². The SMILES string of the molecule is O=C(CCc1n[nH]c2c1CCCC2)N1Cc2ccccc2[C@@H](O)C1. The molecule has 2 N–H and O–H groups in total. The maximum Gasteiger partial charge on any atom is 0.223 e. The predicted octanol–water partition coefficient (Wildman–Crippen LogP) is 2.30. The molecule has 0 radical (unpaired) electrons. The van der Waals surface area contributed by atoms with Crippen molar-refractivity contribution in [3.8, 4) is 0 Å². The van der Waals surface area contributed by atoms with E-state index in [1.54, 1.807) is 4.90 Å². The van der Waals surface area contributed by atoms with Gasteiger partial charge in [-0.15, -0.1) is 0 Å². The van der Waals surface area contributed by atoms with Crippen LogP contribution in [0, 0.1) is 0 Å². The number of rotatable bonds is 3. The van der Waals surface area contributed by atoms with Crippen molar-refractivity contribution in [1.82, 2.24) is 15.1 Å². The van der Waals surface area contributed by atoms with Crippen molar-refractivity contribution in [2.45, 2.75) is 51.2 Å². The number of β-amino-alcohol motifs (C(OH)–C–C–N with tert-alkyl or cyclic N) is 1. The van der Waals surface area contributed by atoms with E-state index in [1.807, 2.05) is 24.3 Å². The zero-order valence-corrected chi connectivity index (χ0v) is 13.8. The summed E-state index contributed by atoms with van der Waals surface area (Å²) in [5.41, 5.74) is 5.63. The van der Waals surface area contributed by atoms with Crippen molar-refractivity contribution in [3.05, 3.63) is 52.3 Å². The van der Waals surface area contributed by atoms with Crippen LogP contribution in [0.1, 0.15) is 53.4 Å². The number of carbonyl (C=O) groups is 1. The largest absolute Gasteiger partial charge is 0.387 e. The fourth-order valence-electron chi connectivity index (χ4n) is 3.91. The standard InChI is InChI=1S/C19H23N3O2/c23-18-12-22(11-13-5-1-2-6-14(13)18)19(24)10-9-17-15-7-3-4-8-16(15)20-21-17/h1-2,5-6,18,23H,3-4,7-12H2,(H,20,21)/t18-/m0/s1. The quantitative estimate of drug-likeness (QED) is 0.910. The molecular formula is C19H23N3O2. The van der Waals surface area contributed by atoms with E-state index in [4.69, 9.17) is 0 Å². The molecule has 2 heterocycles. The van der Waals surface area contributed by atoms with Crippen LogP contribution in [0.3, 0.4) is 0 Å². The Morgan fingerprint density at radius 2 is 2.12 bits per heavy atom. The number of hydrogen-bond acceptors (Lipinski definition) is 3. The number of aliphatic hydroxyl groups is 1. The van der Waals surface area contributed by atoms with E-state index in [0.717, 1.165) is 29.7 Å². The summed E-state index contributed by atoms with van der Waals surface area (Å²) in [6.45, 7) is 0.971. The van der Waals surface area contributed by atoms with Crippen molar-refractivity contribution >= 4 is 5.91 Å². The third kappa shape index (κ3) is 2.84. The second-order valence-corrected chi connectivity index (χ2v) is 6.82.